The highest BCUT2D eigenvalue weighted by molar-refractivity contribution is 5.12. The summed E-state index contributed by atoms with van der Waals surface area (Å²) in [5, 5.41) is 3.04. The molecule has 0 aromatic heterocycles. The summed E-state index contributed by atoms with van der Waals surface area (Å²) in [6.07, 6.45) is 4.19. The van der Waals surface area contributed by atoms with Crippen molar-refractivity contribution < 1.29 is 0 Å². The summed E-state index contributed by atoms with van der Waals surface area (Å²) in [5.74, 6) is 0.637. The standard InChI is InChI=1S/C8H13NO/c1-6-3-4-8(9-10)7(2)5-6/h5-6,8H,3-4H2,1-2H3/t6?,8-/m0/s1. The van der Waals surface area contributed by atoms with E-state index in [9.17, 15) is 4.91 Å². The molecule has 56 valence electrons. The Morgan fingerprint density at radius 3 is 2.80 bits per heavy atom. The van der Waals surface area contributed by atoms with Crippen LogP contribution in [0.1, 0.15) is 26.7 Å². The lowest BCUT2D eigenvalue weighted by molar-refractivity contribution is 0.522. The highest BCUT2D eigenvalue weighted by atomic mass is 16.3. The van der Waals surface area contributed by atoms with Crippen LogP contribution in [0.2, 0.25) is 0 Å². The molecule has 0 bridgehead atoms. The van der Waals surface area contributed by atoms with Gasteiger partial charge in [-0.05, 0) is 31.3 Å². The molecule has 0 fully saturated rings. The van der Waals surface area contributed by atoms with Gasteiger partial charge in [-0.25, -0.2) is 0 Å². The molecule has 1 aliphatic carbocycles. The van der Waals surface area contributed by atoms with E-state index in [1.165, 1.54) is 0 Å². The minimum atomic E-state index is -0.0313. The Kier molecular flexibility index (Phi) is 2.20. The van der Waals surface area contributed by atoms with Gasteiger partial charge in [0.25, 0.3) is 0 Å². The van der Waals surface area contributed by atoms with E-state index in [4.69, 9.17) is 0 Å². The van der Waals surface area contributed by atoms with Crippen molar-refractivity contribution in [3.8, 4) is 0 Å². The van der Waals surface area contributed by atoms with E-state index >= 15 is 0 Å². The van der Waals surface area contributed by atoms with Crippen LogP contribution in [0.4, 0.5) is 0 Å². The quantitative estimate of drug-likeness (QED) is 0.405. The van der Waals surface area contributed by atoms with Gasteiger partial charge in [0.2, 0.25) is 0 Å². The second kappa shape index (κ2) is 2.95. The van der Waals surface area contributed by atoms with Crippen LogP contribution in [-0.4, -0.2) is 6.04 Å². The molecule has 10 heavy (non-hydrogen) atoms. The Bertz CT molecular complexity index is 163. The van der Waals surface area contributed by atoms with E-state index in [-0.39, 0.29) is 6.04 Å². The van der Waals surface area contributed by atoms with Crippen molar-refractivity contribution in [3.63, 3.8) is 0 Å². The molecule has 2 heteroatoms. The van der Waals surface area contributed by atoms with Gasteiger partial charge in [-0.3, -0.25) is 0 Å². The van der Waals surface area contributed by atoms with Crippen molar-refractivity contribution in [2.45, 2.75) is 32.7 Å². The molecule has 0 aromatic rings. The lowest BCUT2D eigenvalue weighted by atomic mass is 9.89. The topological polar surface area (TPSA) is 29.4 Å². The molecule has 2 atom stereocenters. The molecule has 0 N–H and O–H groups in total. The van der Waals surface area contributed by atoms with Crippen molar-refractivity contribution in [3.05, 3.63) is 16.6 Å². The molecule has 0 radical (unpaired) electrons. The van der Waals surface area contributed by atoms with E-state index < -0.39 is 0 Å². The van der Waals surface area contributed by atoms with Gasteiger partial charge in [0.15, 0.2) is 0 Å². The number of hydrogen-bond acceptors (Lipinski definition) is 2. The second-order valence-corrected chi connectivity index (χ2v) is 3.09. The average Bonchev–Trinajstić information content (AvgIpc) is 1.88. The number of nitroso groups, excluding NO2 is 1. The first-order valence-corrected chi connectivity index (χ1v) is 3.75. The zero-order valence-corrected chi connectivity index (χ0v) is 6.50. The molecular formula is C8H13NO. The predicted octanol–water partition coefficient (Wildman–Crippen LogP) is 2.50. The predicted molar refractivity (Wildman–Crippen MR) is 41.7 cm³/mol. The van der Waals surface area contributed by atoms with Gasteiger partial charge in [0, 0.05) is 0 Å². The van der Waals surface area contributed by atoms with Gasteiger partial charge in [0.1, 0.15) is 6.04 Å². The molecule has 0 aliphatic heterocycles. The Balaban J connectivity index is 2.66. The van der Waals surface area contributed by atoms with Gasteiger partial charge in [-0.15, -0.1) is 0 Å². The van der Waals surface area contributed by atoms with Crippen molar-refractivity contribution in [2.24, 2.45) is 11.1 Å². The Labute approximate surface area is 61.3 Å². The van der Waals surface area contributed by atoms with Crippen molar-refractivity contribution >= 4 is 0 Å². The Hall–Kier alpha value is -0.660. The fourth-order valence-corrected chi connectivity index (χ4v) is 1.43. The Morgan fingerprint density at radius 1 is 1.60 bits per heavy atom. The molecule has 0 amide bonds. The van der Waals surface area contributed by atoms with Crippen LogP contribution in [0.3, 0.4) is 0 Å². The van der Waals surface area contributed by atoms with Crippen LogP contribution in [-0.2, 0) is 0 Å². The summed E-state index contributed by atoms with van der Waals surface area (Å²) >= 11 is 0. The second-order valence-electron chi connectivity index (χ2n) is 3.09. The van der Waals surface area contributed by atoms with Gasteiger partial charge < -0.3 is 0 Å². The third kappa shape index (κ3) is 1.43. The van der Waals surface area contributed by atoms with Crippen molar-refractivity contribution in [2.75, 3.05) is 0 Å². The van der Waals surface area contributed by atoms with Crippen molar-refractivity contribution in [1.82, 2.24) is 0 Å². The maximum absolute atomic E-state index is 10.2. The summed E-state index contributed by atoms with van der Waals surface area (Å²) < 4.78 is 0. The van der Waals surface area contributed by atoms with Crippen molar-refractivity contribution in [1.29, 1.82) is 0 Å². The fraction of sp³-hybridized carbons (Fsp3) is 0.750. The summed E-state index contributed by atoms with van der Waals surface area (Å²) in [4.78, 5) is 10.2. The largest absolute Gasteiger partial charge is 0.150 e. The first-order chi connectivity index (χ1) is 4.74. The van der Waals surface area contributed by atoms with E-state index in [0.29, 0.717) is 5.92 Å². The zero-order chi connectivity index (χ0) is 7.56. The summed E-state index contributed by atoms with van der Waals surface area (Å²) in [7, 11) is 0. The van der Waals surface area contributed by atoms with E-state index in [0.717, 1.165) is 18.4 Å². The van der Waals surface area contributed by atoms with Crippen LogP contribution in [0.15, 0.2) is 16.8 Å². The SMILES string of the molecule is CC1=CC(C)CC[C@@H]1N=O. The normalized spacial score (nSPS) is 33.2. The molecule has 2 nitrogen and oxygen atoms in total. The highest BCUT2D eigenvalue weighted by Crippen LogP contribution is 2.24. The van der Waals surface area contributed by atoms with E-state index in [1.807, 2.05) is 6.92 Å². The third-order valence-electron chi connectivity index (χ3n) is 2.10. The lowest BCUT2D eigenvalue weighted by Gasteiger charge is -2.18. The molecule has 1 unspecified atom stereocenters. The Morgan fingerprint density at radius 2 is 2.30 bits per heavy atom. The molecule has 0 saturated heterocycles. The third-order valence-corrected chi connectivity index (χ3v) is 2.10. The molecule has 0 spiro atoms. The number of nitrogens with zero attached hydrogens (tertiary/aromatic N) is 1. The number of rotatable bonds is 1. The molecule has 0 heterocycles. The van der Waals surface area contributed by atoms with Crippen LogP contribution in [0.25, 0.3) is 0 Å². The van der Waals surface area contributed by atoms with Crippen LogP contribution in [0, 0.1) is 10.8 Å². The van der Waals surface area contributed by atoms with Crippen LogP contribution < -0.4 is 0 Å². The number of hydrogen-bond donors (Lipinski definition) is 0. The lowest BCUT2D eigenvalue weighted by Crippen LogP contribution is -2.13. The smallest absolute Gasteiger partial charge is 0.113 e. The summed E-state index contributed by atoms with van der Waals surface area (Å²) in [6, 6.07) is -0.0313. The van der Waals surface area contributed by atoms with Gasteiger partial charge >= 0.3 is 0 Å². The summed E-state index contributed by atoms with van der Waals surface area (Å²) in [6.45, 7) is 4.16. The average molecular weight is 139 g/mol. The van der Waals surface area contributed by atoms with Gasteiger partial charge in [-0.1, -0.05) is 18.2 Å². The molecule has 1 rings (SSSR count). The summed E-state index contributed by atoms with van der Waals surface area (Å²) in [5.41, 5.74) is 1.15. The van der Waals surface area contributed by atoms with Gasteiger partial charge in [-0.2, -0.15) is 4.91 Å². The highest BCUT2D eigenvalue weighted by Gasteiger charge is 2.17. The zero-order valence-electron chi connectivity index (χ0n) is 6.50. The monoisotopic (exact) mass is 139 g/mol. The molecule has 1 aliphatic rings. The first kappa shape index (κ1) is 7.45. The minimum absolute atomic E-state index is 0.0313. The molecule has 0 saturated carbocycles. The van der Waals surface area contributed by atoms with E-state index in [1.54, 1.807) is 0 Å². The van der Waals surface area contributed by atoms with Gasteiger partial charge in [0.05, 0.1) is 0 Å². The van der Waals surface area contributed by atoms with E-state index in [2.05, 4.69) is 18.2 Å². The first-order valence-electron chi connectivity index (χ1n) is 3.75. The maximum Gasteiger partial charge on any atom is 0.113 e. The fourth-order valence-electron chi connectivity index (χ4n) is 1.43. The van der Waals surface area contributed by atoms with Crippen LogP contribution in [0.5, 0.6) is 0 Å². The molecule has 0 aromatic carbocycles. The minimum Gasteiger partial charge on any atom is -0.150 e. The van der Waals surface area contributed by atoms with Crippen LogP contribution >= 0.6 is 0 Å². The maximum atomic E-state index is 10.2. The number of allylic oxidation sites excluding steroid dienone is 1. The molecular weight excluding hydrogens is 126 g/mol.